The number of hydrogen-bond donors (Lipinski definition) is 0. The molecule has 0 fully saturated rings. The van der Waals surface area contributed by atoms with E-state index in [0.29, 0.717) is 0 Å². The molecular weight excluding hydrogens is 192 g/mol. The van der Waals surface area contributed by atoms with Gasteiger partial charge in [-0.25, -0.2) is 0 Å². The third-order valence-corrected chi connectivity index (χ3v) is 2.99. The van der Waals surface area contributed by atoms with E-state index in [2.05, 4.69) is 74.6 Å². The van der Waals surface area contributed by atoms with E-state index < -0.39 is 0 Å². The molecule has 0 bridgehead atoms. The highest BCUT2D eigenvalue weighted by atomic mass is 14.2. The first-order chi connectivity index (χ1) is 7.68. The average Bonchev–Trinajstić information content (AvgIpc) is 2.47. The molecule has 0 N–H and O–H groups in total. The maximum Gasteiger partial charge on any atom is 0.00792 e. The van der Waals surface area contributed by atoms with Gasteiger partial charge in [-0.2, -0.15) is 0 Å². The van der Waals surface area contributed by atoms with Crippen molar-refractivity contribution in [3.8, 4) is 0 Å². The number of benzene rings is 1. The maximum atomic E-state index is 2.27. The van der Waals surface area contributed by atoms with Crippen molar-refractivity contribution in [1.82, 2.24) is 0 Å². The first kappa shape index (κ1) is 10.9. The smallest absolute Gasteiger partial charge is 0.00792 e. The van der Waals surface area contributed by atoms with Crippen molar-refractivity contribution in [1.29, 1.82) is 0 Å². The molecule has 1 aromatic carbocycles. The molecule has 0 amide bonds. The molecule has 0 spiro atoms. The summed E-state index contributed by atoms with van der Waals surface area (Å²) in [5.41, 5.74) is 2.85. The molecule has 0 nitrogen and oxygen atoms in total. The highest BCUT2D eigenvalue weighted by Gasteiger charge is 2.17. The number of aryl methyl sites for hydroxylation is 1. The molecule has 2 rings (SSSR count). The Hall–Kier alpha value is -1.56. The summed E-state index contributed by atoms with van der Waals surface area (Å²) >= 11 is 0. The van der Waals surface area contributed by atoms with Crippen LogP contribution in [0.25, 0.3) is 0 Å². The van der Waals surface area contributed by atoms with Gasteiger partial charge in [-0.1, -0.05) is 73.2 Å². The normalized spacial score (nSPS) is 17.4. The van der Waals surface area contributed by atoms with Crippen LogP contribution >= 0.6 is 0 Å². The second kappa shape index (κ2) is 4.52. The topological polar surface area (TPSA) is 0 Å². The summed E-state index contributed by atoms with van der Waals surface area (Å²) in [5.74, 6) is 0. The molecule has 1 aliphatic carbocycles. The molecule has 16 heavy (non-hydrogen) atoms. The third kappa shape index (κ3) is 2.73. The summed E-state index contributed by atoms with van der Waals surface area (Å²) in [5, 5.41) is 0. The Balaban J connectivity index is 2.17. The van der Waals surface area contributed by atoms with Crippen molar-refractivity contribution >= 4 is 0 Å². The minimum atomic E-state index is 0.138. The molecule has 82 valence electrons. The van der Waals surface area contributed by atoms with Crippen LogP contribution in [0, 0.1) is 12.3 Å². The lowest BCUT2D eigenvalue weighted by Gasteiger charge is -2.21. The van der Waals surface area contributed by atoms with Crippen LogP contribution in [0.15, 0.2) is 60.7 Å². The van der Waals surface area contributed by atoms with Crippen molar-refractivity contribution in [2.24, 2.45) is 5.41 Å². The van der Waals surface area contributed by atoms with Crippen LogP contribution in [0.2, 0.25) is 0 Å². The molecule has 1 aliphatic rings. The minimum Gasteiger partial charge on any atom is -0.0745 e. The van der Waals surface area contributed by atoms with E-state index in [1.165, 1.54) is 11.1 Å². The molecular formula is C16H18. The second-order valence-electron chi connectivity index (χ2n) is 4.77. The van der Waals surface area contributed by atoms with Gasteiger partial charge in [-0.15, -0.1) is 0 Å². The van der Waals surface area contributed by atoms with Crippen LogP contribution in [0.4, 0.5) is 0 Å². The predicted octanol–water partition coefficient (Wildman–Crippen LogP) is 4.23. The van der Waals surface area contributed by atoms with Gasteiger partial charge in [0, 0.05) is 5.41 Å². The first-order valence-electron chi connectivity index (χ1n) is 5.77. The molecule has 0 aromatic heterocycles. The second-order valence-corrected chi connectivity index (χ2v) is 4.77. The molecule has 0 unspecified atom stereocenters. The SMILES string of the molecule is Cc1ccc(CC2(C)C=CC=CC=C2)cc1. The fourth-order valence-corrected chi connectivity index (χ4v) is 2.00. The van der Waals surface area contributed by atoms with Crippen molar-refractivity contribution in [2.45, 2.75) is 20.3 Å². The Morgan fingerprint density at radius 2 is 1.44 bits per heavy atom. The molecule has 1 aromatic rings. The van der Waals surface area contributed by atoms with E-state index in [1.807, 2.05) is 0 Å². The summed E-state index contributed by atoms with van der Waals surface area (Å²) in [6, 6.07) is 8.81. The zero-order valence-corrected chi connectivity index (χ0v) is 9.98. The number of rotatable bonds is 2. The molecule has 0 heteroatoms. The monoisotopic (exact) mass is 210 g/mol. The van der Waals surface area contributed by atoms with E-state index in [4.69, 9.17) is 0 Å². The summed E-state index contributed by atoms with van der Waals surface area (Å²) in [6.07, 6.45) is 14.0. The van der Waals surface area contributed by atoms with Crippen LogP contribution in [0.5, 0.6) is 0 Å². The largest absolute Gasteiger partial charge is 0.0745 e. The Bertz CT molecular complexity index is 414. The molecule has 0 saturated heterocycles. The van der Waals surface area contributed by atoms with Gasteiger partial charge in [0.05, 0.1) is 0 Å². The van der Waals surface area contributed by atoms with E-state index >= 15 is 0 Å². The summed E-state index contributed by atoms with van der Waals surface area (Å²) < 4.78 is 0. The lowest BCUT2D eigenvalue weighted by Crippen LogP contribution is -2.13. The van der Waals surface area contributed by atoms with Gasteiger partial charge in [0.1, 0.15) is 0 Å². The summed E-state index contributed by atoms with van der Waals surface area (Å²) in [7, 11) is 0. The zero-order valence-electron chi connectivity index (χ0n) is 9.98. The van der Waals surface area contributed by atoms with Gasteiger partial charge in [-0.05, 0) is 18.9 Å². The molecule has 0 saturated carbocycles. The summed E-state index contributed by atoms with van der Waals surface area (Å²) in [6.45, 7) is 4.40. The van der Waals surface area contributed by atoms with Crippen molar-refractivity contribution < 1.29 is 0 Å². The highest BCUT2D eigenvalue weighted by molar-refractivity contribution is 5.29. The van der Waals surface area contributed by atoms with E-state index in [0.717, 1.165) is 6.42 Å². The molecule has 0 heterocycles. The Morgan fingerprint density at radius 3 is 2.00 bits per heavy atom. The van der Waals surface area contributed by atoms with Gasteiger partial charge >= 0.3 is 0 Å². The van der Waals surface area contributed by atoms with Crippen LogP contribution in [-0.4, -0.2) is 0 Å². The van der Waals surface area contributed by atoms with Gasteiger partial charge in [-0.3, -0.25) is 0 Å². The fourth-order valence-electron chi connectivity index (χ4n) is 2.00. The number of allylic oxidation sites excluding steroid dienone is 6. The van der Waals surface area contributed by atoms with E-state index in [9.17, 15) is 0 Å². The van der Waals surface area contributed by atoms with E-state index in [-0.39, 0.29) is 5.41 Å². The standard InChI is InChI=1S/C16H18/c1-14-7-9-15(10-8-14)13-16(2)11-5-3-4-6-12-16/h3-12H,13H2,1-2H3. The predicted molar refractivity (Wildman–Crippen MR) is 70.4 cm³/mol. The van der Waals surface area contributed by atoms with Crippen molar-refractivity contribution in [3.05, 3.63) is 71.8 Å². The maximum absolute atomic E-state index is 2.27. The van der Waals surface area contributed by atoms with Gasteiger partial charge < -0.3 is 0 Å². The molecule has 0 radical (unpaired) electrons. The minimum absolute atomic E-state index is 0.138. The Kier molecular flexibility index (Phi) is 3.09. The van der Waals surface area contributed by atoms with Crippen LogP contribution in [0.3, 0.4) is 0 Å². The van der Waals surface area contributed by atoms with Gasteiger partial charge in [0.25, 0.3) is 0 Å². The van der Waals surface area contributed by atoms with Gasteiger partial charge in [0.15, 0.2) is 0 Å². The highest BCUT2D eigenvalue weighted by Crippen LogP contribution is 2.27. The number of hydrogen-bond acceptors (Lipinski definition) is 0. The lowest BCUT2D eigenvalue weighted by molar-refractivity contribution is 0.549. The Labute approximate surface area is 98.0 Å². The van der Waals surface area contributed by atoms with E-state index in [1.54, 1.807) is 0 Å². The van der Waals surface area contributed by atoms with Crippen LogP contribution in [-0.2, 0) is 6.42 Å². The van der Waals surface area contributed by atoms with Gasteiger partial charge in [0.2, 0.25) is 0 Å². The molecule has 0 aliphatic heterocycles. The van der Waals surface area contributed by atoms with Crippen LogP contribution in [0.1, 0.15) is 18.1 Å². The third-order valence-electron chi connectivity index (χ3n) is 2.99. The first-order valence-corrected chi connectivity index (χ1v) is 5.77. The average molecular weight is 210 g/mol. The van der Waals surface area contributed by atoms with Crippen LogP contribution < -0.4 is 0 Å². The summed E-state index contributed by atoms with van der Waals surface area (Å²) in [4.78, 5) is 0. The quantitative estimate of drug-likeness (QED) is 0.685. The van der Waals surface area contributed by atoms with Crippen molar-refractivity contribution in [3.63, 3.8) is 0 Å². The lowest BCUT2D eigenvalue weighted by atomic mass is 9.83. The Morgan fingerprint density at radius 1 is 0.875 bits per heavy atom. The zero-order chi connectivity index (χ0) is 11.4. The fraction of sp³-hybridized carbons (Fsp3) is 0.250. The van der Waals surface area contributed by atoms with Crippen molar-refractivity contribution in [2.75, 3.05) is 0 Å². The molecule has 0 atom stereocenters.